The molecule has 4 nitrogen and oxygen atoms in total. The van der Waals surface area contributed by atoms with Crippen LogP contribution >= 0.6 is 11.6 Å². The molecule has 0 aliphatic carbocycles. The van der Waals surface area contributed by atoms with E-state index in [4.69, 9.17) is 11.6 Å². The second-order valence-corrected chi connectivity index (χ2v) is 6.19. The van der Waals surface area contributed by atoms with Crippen LogP contribution < -0.4 is 5.32 Å². The molecule has 2 saturated heterocycles. The molecule has 1 N–H and O–H groups in total. The molecule has 2 aliphatic rings. The molecule has 3 rings (SSSR count). The molecule has 0 bridgehead atoms. The number of amides is 2. The van der Waals surface area contributed by atoms with Gasteiger partial charge < -0.3 is 10.2 Å². The minimum absolute atomic E-state index is 0.0949. The molecule has 1 aromatic carbocycles. The average Bonchev–Trinajstić information content (AvgIpc) is 2.80. The minimum Gasteiger partial charge on any atom is -0.336 e. The summed E-state index contributed by atoms with van der Waals surface area (Å²) < 4.78 is 0. The molecular formula is C15H20ClN3O. The first kappa shape index (κ1) is 13.7. The van der Waals surface area contributed by atoms with Gasteiger partial charge in [0.1, 0.15) is 0 Å². The van der Waals surface area contributed by atoms with Crippen molar-refractivity contribution >= 4 is 17.6 Å². The van der Waals surface area contributed by atoms with Gasteiger partial charge in [0, 0.05) is 37.7 Å². The maximum atomic E-state index is 11.6. The summed E-state index contributed by atoms with van der Waals surface area (Å²) in [5.41, 5.74) is 1.28. The lowest BCUT2D eigenvalue weighted by molar-refractivity contribution is 0.117. The minimum atomic E-state index is 0.0949. The van der Waals surface area contributed by atoms with Crippen molar-refractivity contribution in [3.05, 3.63) is 34.9 Å². The largest absolute Gasteiger partial charge is 0.336 e. The number of halogens is 1. The van der Waals surface area contributed by atoms with Crippen molar-refractivity contribution in [3.63, 3.8) is 0 Å². The average molecular weight is 294 g/mol. The normalized spacial score (nSPS) is 24.4. The molecule has 0 unspecified atom stereocenters. The molecule has 0 radical (unpaired) electrons. The predicted molar refractivity (Wildman–Crippen MR) is 80.2 cm³/mol. The number of nitrogens with zero attached hydrogens (tertiary/aromatic N) is 2. The highest BCUT2D eigenvalue weighted by Gasteiger charge is 2.35. The van der Waals surface area contributed by atoms with Gasteiger partial charge in [-0.1, -0.05) is 30.7 Å². The van der Waals surface area contributed by atoms with Crippen LogP contribution in [0.2, 0.25) is 5.02 Å². The van der Waals surface area contributed by atoms with Crippen LogP contribution in [0.1, 0.15) is 18.4 Å². The summed E-state index contributed by atoms with van der Waals surface area (Å²) >= 11 is 6.05. The number of fused-ring (bicyclic) bond motifs is 1. The summed E-state index contributed by atoms with van der Waals surface area (Å²) in [6.45, 7) is 6.77. The molecule has 2 fully saturated rings. The van der Waals surface area contributed by atoms with Gasteiger partial charge in [0.05, 0.1) is 6.04 Å². The van der Waals surface area contributed by atoms with Gasteiger partial charge in [0.15, 0.2) is 0 Å². The molecule has 2 amide bonds. The predicted octanol–water partition coefficient (Wildman–Crippen LogP) is 2.15. The highest BCUT2D eigenvalue weighted by Crippen LogP contribution is 2.22. The topological polar surface area (TPSA) is 35.6 Å². The first-order valence-corrected chi connectivity index (χ1v) is 7.53. The second-order valence-electron chi connectivity index (χ2n) is 5.75. The van der Waals surface area contributed by atoms with Crippen molar-refractivity contribution in [1.29, 1.82) is 0 Å². The Hall–Kier alpha value is -1.26. The lowest BCUT2D eigenvalue weighted by Crippen LogP contribution is -2.52. The van der Waals surface area contributed by atoms with E-state index in [1.54, 1.807) is 0 Å². The molecule has 0 aromatic heterocycles. The lowest BCUT2D eigenvalue weighted by Gasteiger charge is -2.37. The van der Waals surface area contributed by atoms with Gasteiger partial charge >= 0.3 is 6.03 Å². The van der Waals surface area contributed by atoms with E-state index < -0.39 is 0 Å². The van der Waals surface area contributed by atoms with E-state index in [2.05, 4.69) is 23.2 Å². The van der Waals surface area contributed by atoms with Crippen LogP contribution in [0.4, 0.5) is 4.79 Å². The Morgan fingerprint density at radius 2 is 2.30 bits per heavy atom. The highest BCUT2D eigenvalue weighted by molar-refractivity contribution is 6.30. The quantitative estimate of drug-likeness (QED) is 0.927. The van der Waals surface area contributed by atoms with E-state index in [1.807, 2.05) is 23.1 Å². The number of benzene rings is 1. The van der Waals surface area contributed by atoms with Crippen molar-refractivity contribution in [2.24, 2.45) is 0 Å². The highest BCUT2D eigenvalue weighted by atomic mass is 35.5. The standard InChI is InChI=1S/C15H20ClN3O/c1-11(12-3-2-4-13(16)7-12)9-18-5-6-19-14(10-18)8-17-15(19)20/h2-4,7,11,14H,5-6,8-10H2,1H3,(H,17,20)/t11-,14-/m1/s1. The molecular weight excluding hydrogens is 274 g/mol. The van der Waals surface area contributed by atoms with Crippen molar-refractivity contribution in [2.75, 3.05) is 32.7 Å². The van der Waals surface area contributed by atoms with Crippen molar-refractivity contribution in [3.8, 4) is 0 Å². The van der Waals surface area contributed by atoms with Gasteiger partial charge in [0.25, 0.3) is 0 Å². The molecule has 108 valence electrons. The van der Waals surface area contributed by atoms with Crippen LogP contribution in [0.25, 0.3) is 0 Å². The van der Waals surface area contributed by atoms with Gasteiger partial charge in [-0.05, 0) is 23.6 Å². The van der Waals surface area contributed by atoms with Crippen molar-refractivity contribution in [2.45, 2.75) is 18.9 Å². The Bertz CT molecular complexity index is 508. The fourth-order valence-corrected chi connectivity index (χ4v) is 3.34. The van der Waals surface area contributed by atoms with Gasteiger partial charge in [-0.15, -0.1) is 0 Å². The summed E-state index contributed by atoms with van der Waals surface area (Å²) in [7, 11) is 0. The monoisotopic (exact) mass is 293 g/mol. The molecule has 0 spiro atoms. The summed E-state index contributed by atoms with van der Waals surface area (Å²) in [4.78, 5) is 16.0. The molecule has 1 aromatic rings. The molecule has 5 heteroatoms. The summed E-state index contributed by atoms with van der Waals surface area (Å²) in [5, 5.41) is 3.71. The maximum Gasteiger partial charge on any atom is 0.317 e. The maximum absolute atomic E-state index is 11.6. The van der Waals surface area contributed by atoms with Gasteiger partial charge in [-0.3, -0.25) is 4.90 Å². The molecule has 2 heterocycles. The molecule has 20 heavy (non-hydrogen) atoms. The van der Waals surface area contributed by atoms with E-state index >= 15 is 0 Å². The first-order valence-electron chi connectivity index (χ1n) is 7.16. The number of carbonyl (C=O) groups excluding carboxylic acids is 1. The summed E-state index contributed by atoms with van der Waals surface area (Å²) in [6, 6.07) is 8.52. The summed E-state index contributed by atoms with van der Waals surface area (Å²) in [6.07, 6.45) is 0. The van der Waals surface area contributed by atoms with E-state index in [0.717, 1.165) is 37.7 Å². The zero-order chi connectivity index (χ0) is 14.1. The Morgan fingerprint density at radius 1 is 1.45 bits per heavy atom. The van der Waals surface area contributed by atoms with Crippen molar-refractivity contribution in [1.82, 2.24) is 15.1 Å². The van der Waals surface area contributed by atoms with Crippen LogP contribution in [0.3, 0.4) is 0 Å². The summed E-state index contributed by atoms with van der Waals surface area (Å²) in [5.74, 6) is 0.449. The second kappa shape index (κ2) is 5.62. The number of piperazine rings is 1. The first-order chi connectivity index (χ1) is 9.63. The van der Waals surface area contributed by atoms with E-state index in [-0.39, 0.29) is 6.03 Å². The Balaban J connectivity index is 1.60. The number of hydrogen-bond donors (Lipinski definition) is 1. The van der Waals surface area contributed by atoms with Crippen molar-refractivity contribution < 1.29 is 4.79 Å². The number of urea groups is 1. The Kier molecular flexibility index (Phi) is 3.85. The van der Waals surface area contributed by atoms with E-state index in [9.17, 15) is 4.79 Å². The molecule has 2 aliphatic heterocycles. The van der Waals surface area contributed by atoms with Crippen LogP contribution in [-0.4, -0.2) is 54.6 Å². The molecule has 0 saturated carbocycles. The van der Waals surface area contributed by atoms with Crippen LogP contribution in [0.5, 0.6) is 0 Å². The Labute approximate surface area is 124 Å². The van der Waals surface area contributed by atoms with Crippen LogP contribution in [0, 0.1) is 0 Å². The van der Waals surface area contributed by atoms with E-state index in [1.165, 1.54) is 5.56 Å². The van der Waals surface area contributed by atoms with Gasteiger partial charge in [-0.25, -0.2) is 4.79 Å². The lowest BCUT2D eigenvalue weighted by atomic mass is 10.00. The van der Waals surface area contributed by atoms with Gasteiger partial charge in [0.2, 0.25) is 0 Å². The number of carbonyl (C=O) groups is 1. The fraction of sp³-hybridized carbons (Fsp3) is 0.533. The third-order valence-corrected chi connectivity index (χ3v) is 4.50. The zero-order valence-electron chi connectivity index (χ0n) is 11.7. The van der Waals surface area contributed by atoms with Crippen LogP contribution in [-0.2, 0) is 0 Å². The third kappa shape index (κ3) is 2.76. The third-order valence-electron chi connectivity index (χ3n) is 4.27. The number of nitrogens with one attached hydrogen (secondary N) is 1. The SMILES string of the molecule is C[C@H](CN1CCN2C(=O)NC[C@@H]2C1)c1cccc(Cl)c1. The zero-order valence-corrected chi connectivity index (χ0v) is 12.4. The van der Waals surface area contributed by atoms with Gasteiger partial charge in [-0.2, -0.15) is 0 Å². The Morgan fingerprint density at radius 3 is 3.10 bits per heavy atom. The molecule has 2 atom stereocenters. The van der Waals surface area contributed by atoms with Crippen LogP contribution in [0.15, 0.2) is 24.3 Å². The van der Waals surface area contributed by atoms with E-state index in [0.29, 0.717) is 12.0 Å². The smallest absolute Gasteiger partial charge is 0.317 e. The fourth-order valence-electron chi connectivity index (χ4n) is 3.14. The number of rotatable bonds is 3. The number of hydrogen-bond acceptors (Lipinski definition) is 2.